The van der Waals surface area contributed by atoms with E-state index in [1.54, 1.807) is 29.2 Å². The van der Waals surface area contributed by atoms with Crippen molar-refractivity contribution in [3.63, 3.8) is 0 Å². The summed E-state index contributed by atoms with van der Waals surface area (Å²) in [6.07, 6.45) is 5.10. The van der Waals surface area contributed by atoms with Crippen LogP contribution < -0.4 is 0 Å². The van der Waals surface area contributed by atoms with Crippen LogP contribution in [0.3, 0.4) is 0 Å². The Morgan fingerprint density at radius 2 is 2.18 bits per heavy atom. The minimum atomic E-state index is -0.118. The summed E-state index contributed by atoms with van der Waals surface area (Å²) in [7, 11) is 0. The van der Waals surface area contributed by atoms with Gasteiger partial charge in [-0.3, -0.25) is 9.48 Å². The quantitative estimate of drug-likeness (QED) is 0.565. The van der Waals surface area contributed by atoms with E-state index in [-0.39, 0.29) is 11.9 Å². The number of rotatable bonds is 4. The Hall–Kier alpha value is -3.06. The Morgan fingerprint density at radius 3 is 3.00 bits per heavy atom. The highest BCUT2D eigenvalue weighted by Gasteiger charge is 2.34. The van der Waals surface area contributed by atoms with Crippen molar-refractivity contribution in [3.8, 4) is 0 Å². The number of carbonyl (C=O) groups excluding carboxylic acids is 1. The molecule has 1 N–H and O–H groups in total. The van der Waals surface area contributed by atoms with Gasteiger partial charge in [0.25, 0.3) is 5.91 Å². The summed E-state index contributed by atoms with van der Waals surface area (Å²) in [6.45, 7) is 1.11. The van der Waals surface area contributed by atoms with Crippen LogP contribution >= 0.6 is 11.6 Å². The van der Waals surface area contributed by atoms with Crippen molar-refractivity contribution >= 4 is 28.5 Å². The lowest BCUT2D eigenvalue weighted by Crippen LogP contribution is -2.30. The number of aromatic nitrogens is 4. The number of nitrogens with zero attached hydrogens (tertiary/aromatic N) is 4. The van der Waals surface area contributed by atoms with Crippen molar-refractivity contribution in [2.75, 3.05) is 6.54 Å². The Kier molecular flexibility index (Phi) is 4.16. The normalized spacial score (nSPS) is 16.9. The fraction of sp³-hybridized carbons (Fsp3) is 0.250. The Morgan fingerprint density at radius 1 is 1.29 bits per heavy atom. The fourth-order valence-electron chi connectivity index (χ4n) is 3.73. The molecule has 0 bridgehead atoms. The minimum absolute atomic E-state index is 0.0710. The predicted molar refractivity (Wildman–Crippen MR) is 104 cm³/mol. The molecule has 0 aliphatic carbocycles. The highest BCUT2D eigenvalue weighted by atomic mass is 35.5. The molecule has 3 aromatic heterocycles. The molecule has 0 spiro atoms. The van der Waals surface area contributed by atoms with Gasteiger partial charge < -0.3 is 14.3 Å². The van der Waals surface area contributed by atoms with Crippen molar-refractivity contribution in [3.05, 3.63) is 71.2 Å². The van der Waals surface area contributed by atoms with Crippen molar-refractivity contribution in [1.29, 1.82) is 0 Å². The number of imidazole rings is 1. The number of nitrogens with one attached hydrogen (secondary N) is 1. The van der Waals surface area contributed by atoms with Gasteiger partial charge in [-0.2, -0.15) is 5.10 Å². The molecule has 0 radical (unpaired) electrons. The monoisotopic (exact) mass is 395 g/mol. The number of halogens is 1. The number of carbonyl (C=O) groups is 1. The summed E-state index contributed by atoms with van der Waals surface area (Å²) < 4.78 is 7.46. The van der Waals surface area contributed by atoms with E-state index < -0.39 is 0 Å². The smallest absolute Gasteiger partial charge is 0.290 e. The molecule has 4 aromatic rings. The summed E-state index contributed by atoms with van der Waals surface area (Å²) >= 11 is 5.89. The SMILES string of the molecule is O=C(c1ccc(Cn2cc(Cl)cn2)o1)N1CCC[C@H]1c1nc2ccccc2[nH]1. The molecule has 1 saturated heterocycles. The first kappa shape index (κ1) is 17.1. The summed E-state index contributed by atoms with van der Waals surface area (Å²) in [5.41, 5.74) is 1.89. The largest absolute Gasteiger partial charge is 0.454 e. The van der Waals surface area contributed by atoms with E-state index in [1.165, 1.54) is 0 Å². The standard InChI is InChI=1S/C20H18ClN5O2/c21-13-10-22-25(11-13)12-14-7-8-18(28-14)20(27)26-9-3-6-17(26)19-23-15-4-1-2-5-16(15)24-19/h1-2,4-5,7-8,10-11,17H,3,6,9,12H2,(H,23,24)/t17-/m0/s1. The number of hydrogen-bond acceptors (Lipinski definition) is 4. The number of furan rings is 1. The van der Waals surface area contributed by atoms with Gasteiger partial charge in [0.2, 0.25) is 0 Å². The van der Waals surface area contributed by atoms with E-state index in [2.05, 4.69) is 15.1 Å². The van der Waals surface area contributed by atoms with Crippen LogP contribution in [0.4, 0.5) is 0 Å². The van der Waals surface area contributed by atoms with Crippen LogP contribution in [0.15, 0.2) is 53.2 Å². The lowest BCUT2D eigenvalue weighted by molar-refractivity contribution is 0.0696. The molecule has 142 valence electrons. The Balaban J connectivity index is 1.36. The highest BCUT2D eigenvalue weighted by molar-refractivity contribution is 6.30. The van der Waals surface area contributed by atoms with E-state index in [9.17, 15) is 4.79 Å². The maximum absolute atomic E-state index is 13.1. The van der Waals surface area contributed by atoms with E-state index in [0.29, 0.717) is 29.6 Å². The molecule has 0 saturated carbocycles. The van der Waals surface area contributed by atoms with Crippen LogP contribution in [0.2, 0.25) is 5.02 Å². The molecule has 1 fully saturated rings. The van der Waals surface area contributed by atoms with Crippen LogP contribution in [0.5, 0.6) is 0 Å². The third-order valence-corrected chi connectivity index (χ3v) is 5.22. The van der Waals surface area contributed by atoms with Gasteiger partial charge in [-0.25, -0.2) is 4.98 Å². The molecule has 0 unspecified atom stereocenters. The average Bonchev–Trinajstić information content (AvgIpc) is 3.47. The first-order chi connectivity index (χ1) is 13.7. The Bertz CT molecular complexity index is 1110. The van der Waals surface area contributed by atoms with Gasteiger partial charge in [0.05, 0.1) is 34.8 Å². The van der Waals surface area contributed by atoms with Gasteiger partial charge in [0, 0.05) is 12.7 Å². The van der Waals surface area contributed by atoms with Crippen molar-refractivity contribution in [2.24, 2.45) is 0 Å². The number of hydrogen-bond donors (Lipinski definition) is 1. The summed E-state index contributed by atoms with van der Waals surface area (Å²) in [6, 6.07) is 11.3. The van der Waals surface area contributed by atoms with E-state index >= 15 is 0 Å². The second kappa shape index (κ2) is 6.83. The van der Waals surface area contributed by atoms with Crippen LogP contribution in [0.1, 0.15) is 41.0 Å². The maximum Gasteiger partial charge on any atom is 0.290 e. The molecule has 1 aliphatic rings. The zero-order chi connectivity index (χ0) is 19.1. The number of amides is 1. The predicted octanol–water partition coefficient (Wildman–Crippen LogP) is 4.03. The van der Waals surface area contributed by atoms with E-state index in [0.717, 1.165) is 29.7 Å². The topological polar surface area (TPSA) is 79.9 Å². The number of likely N-dealkylation sites (tertiary alicyclic amines) is 1. The first-order valence-corrected chi connectivity index (χ1v) is 9.57. The molecule has 1 amide bonds. The minimum Gasteiger partial charge on any atom is -0.454 e. The van der Waals surface area contributed by atoms with Gasteiger partial charge >= 0.3 is 0 Å². The maximum atomic E-state index is 13.1. The fourth-order valence-corrected chi connectivity index (χ4v) is 3.88. The van der Waals surface area contributed by atoms with Crippen LogP contribution in [-0.4, -0.2) is 37.1 Å². The molecule has 1 aromatic carbocycles. The third kappa shape index (κ3) is 3.07. The molecule has 8 heteroatoms. The molecular weight excluding hydrogens is 378 g/mol. The van der Waals surface area contributed by atoms with Gasteiger partial charge in [-0.1, -0.05) is 23.7 Å². The first-order valence-electron chi connectivity index (χ1n) is 9.20. The number of fused-ring (bicyclic) bond motifs is 1. The lowest BCUT2D eigenvalue weighted by atomic mass is 10.2. The Labute approximate surface area is 165 Å². The van der Waals surface area contributed by atoms with Crippen molar-refractivity contribution < 1.29 is 9.21 Å². The molecular formula is C20H18ClN5O2. The third-order valence-electron chi connectivity index (χ3n) is 5.03. The molecule has 4 heterocycles. The van der Waals surface area contributed by atoms with Gasteiger partial charge in [0.15, 0.2) is 5.76 Å². The second-order valence-corrected chi connectivity index (χ2v) is 7.35. The van der Waals surface area contributed by atoms with Gasteiger partial charge in [-0.15, -0.1) is 0 Å². The van der Waals surface area contributed by atoms with Crippen molar-refractivity contribution in [2.45, 2.75) is 25.4 Å². The van der Waals surface area contributed by atoms with Gasteiger partial charge in [0.1, 0.15) is 11.6 Å². The zero-order valence-corrected chi connectivity index (χ0v) is 15.8. The zero-order valence-electron chi connectivity index (χ0n) is 15.0. The number of para-hydroxylation sites is 2. The second-order valence-electron chi connectivity index (χ2n) is 6.92. The average molecular weight is 396 g/mol. The number of aromatic amines is 1. The van der Waals surface area contributed by atoms with Crippen LogP contribution in [-0.2, 0) is 6.54 Å². The molecule has 5 rings (SSSR count). The van der Waals surface area contributed by atoms with Crippen LogP contribution in [0.25, 0.3) is 11.0 Å². The summed E-state index contributed by atoms with van der Waals surface area (Å²) in [5.74, 6) is 1.69. The number of benzene rings is 1. The molecule has 28 heavy (non-hydrogen) atoms. The summed E-state index contributed by atoms with van der Waals surface area (Å²) in [5, 5.41) is 4.70. The molecule has 1 atom stereocenters. The van der Waals surface area contributed by atoms with E-state index in [1.807, 2.05) is 29.2 Å². The lowest BCUT2D eigenvalue weighted by Gasteiger charge is -2.22. The number of H-pyrrole nitrogens is 1. The van der Waals surface area contributed by atoms with Crippen molar-refractivity contribution in [1.82, 2.24) is 24.6 Å². The summed E-state index contributed by atoms with van der Waals surface area (Å²) in [4.78, 5) is 22.9. The van der Waals surface area contributed by atoms with Crippen LogP contribution in [0, 0.1) is 0 Å². The highest BCUT2D eigenvalue weighted by Crippen LogP contribution is 2.33. The van der Waals surface area contributed by atoms with Gasteiger partial charge in [-0.05, 0) is 37.1 Å². The molecule has 7 nitrogen and oxygen atoms in total. The van der Waals surface area contributed by atoms with E-state index in [4.69, 9.17) is 16.0 Å². The molecule has 1 aliphatic heterocycles.